The second-order valence-corrected chi connectivity index (χ2v) is 7.13. The number of carbonyl (C=O) groups excluding carboxylic acids is 4. The summed E-state index contributed by atoms with van der Waals surface area (Å²) in [5.41, 5.74) is 2.47. The predicted octanol–water partition coefficient (Wildman–Crippen LogP) is 2.17. The van der Waals surface area contributed by atoms with Gasteiger partial charge in [0.1, 0.15) is 0 Å². The molecule has 11 heteroatoms. The molecule has 0 saturated carbocycles. The van der Waals surface area contributed by atoms with Crippen molar-refractivity contribution in [3.8, 4) is 0 Å². The quantitative estimate of drug-likeness (QED) is 0.298. The number of ketones is 1. The Morgan fingerprint density at radius 3 is 2.55 bits per heavy atom. The van der Waals surface area contributed by atoms with Crippen LogP contribution in [-0.4, -0.2) is 46.7 Å². The molecule has 10 nitrogen and oxygen atoms in total. The fourth-order valence-corrected chi connectivity index (χ4v) is 3.02. The first-order chi connectivity index (χ1) is 14.7. The number of hydrogen-bond acceptors (Lipinski definition) is 7. The highest BCUT2D eigenvalue weighted by atomic mass is 35.5. The summed E-state index contributed by atoms with van der Waals surface area (Å²) in [4.78, 5) is 58.9. The molecule has 0 aliphatic carbocycles. The number of nitro groups is 1. The minimum atomic E-state index is -0.865. The molecule has 1 saturated heterocycles. The number of nitrogens with zero attached hydrogens (tertiary/aromatic N) is 2. The van der Waals surface area contributed by atoms with Crippen LogP contribution in [-0.2, 0) is 14.3 Å². The average molecular weight is 446 g/mol. The summed E-state index contributed by atoms with van der Waals surface area (Å²) >= 11 is 5.77. The Labute approximate surface area is 180 Å². The zero-order valence-electron chi connectivity index (χ0n) is 15.9. The third-order valence-corrected chi connectivity index (χ3v) is 4.78. The van der Waals surface area contributed by atoms with Crippen LogP contribution in [0.15, 0.2) is 48.5 Å². The van der Waals surface area contributed by atoms with E-state index in [1.165, 1.54) is 42.5 Å². The third-order valence-electron chi connectivity index (χ3n) is 4.53. The number of Topliss-reactive ketones (excluding diaryl/α,β-unsaturated/α-hetero) is 1. The molecule has 0 unspecified atom stereocenters. The molecule has 1 fully saturated rings. The number of ether oxygens (including phenoxy) is 1. The van der Waals surface area contributed by atoms with Crippen molar-refractivity contribution in [1.82, 2.24) is 10.4 Å². The number of hydrogen-bond donors (Lipinski definition) is 1. The third kappa shape index (κ3) is 5.43. The van der Waals surface area contributed by atoms with Gasteiger partial charge in [-0.25, -0.2) is 0 Å². The Morgan fingerprint density at radius 2 is 1.87 bits per heavy atom. The zero-order chi connectivity index (χ0) is 22.5. The predicted molar refractivity (Wildman–Crippen MR) is 107 cm³/mol. The van der Waals surface area contributed by atoms with E-state index < -0.39 is 41.0 Å². The summed E-state index contributed by atoms with van der Waals surface area (Å²) in [7, 11) is 0. The van der Waals surface area contributed by atoms with Crippen molar-refractivity contribution in [2.75, 3.05) is 13.2 Å². The fourth-order valence-electron chi connectivity index (χ4n) is 2.89. The Kier molecular flexibility index (Phi) is 6.61. The molecule has 0 aromatic heterocycles. The van der Waals surface area contributed by atoms with Gasteiger partial charge in [-0.1, -0.05) is 23.7 Å². The van der Waals surface area contributed by atoms with Crippen LogP contribution in [0.25, 0.3) is 0 Å². The van der Waals surface area contributed by atoms with Gasteiger partial charge in [0.15, 0.2) is 6.61 Å². The zero-order valence-corrected chi connectivity index (χ0v) is 16.7. The molecule has 1 aliphatic rings. The molecule has 1 N–H and O–H groups in total. The van der Waals surface area contributed by atoms with Gasteiger partial charge in [-0.3, -0.25) is 39.7 Å². The van der Waals surface area contributed by atoms with Gasteiger partial charge in [0.25, 0.3) is 11.6 Å². The number of esters is 1. The Morgan fingerprint density at radius 1 is 1.16 bits per heavy atom. The van der Waals surface area contributed by atoms with E-state index in [1.807, 2.05) is 0 Å². The van der Waals surface area contributed by atoms with Gasteiger partial charge in [0.2, 0.25) is 11.7 Å². The van der Waals surface area contributed by atoms with Crippen LogP contribution in [0.2, 0.25) is 5.02 Å². The van der Waals surface area contributed by atoms with Crippen LogP contribution in [0, 0.1) is 16.0 Å². The number of nitro benzene ring substituents is 1. The van der Waals surface area contributed by atoms with Gasteiger partial charge in [-0.15, -0.1) is 0 Å². The van der Waals surface area contributed by atoms with E-state index in [9.17, 15) is 29.3 Å². The first-order valence-corrected chi connectivity index (χ1v) is 9.43. The Bertz CT molecular complexity index is 1050. The highest BCUT2D eigenvalue weighted by molar-refractivity contribution is 6.30. The molecule has 1 heterocycles. The van der Waals surface area contributed by atoms with E-state index >= 15 is 0 Å². The minimum Gasteiger partial charge on any atom is -0.457 e. The van der Waals surface area contributed by atoms with E-state index in [0.29, 0.717) is 5.02 Å². The molecule has 2 aromatic rings. The molecule has 1 atom stereocenters. The normalized spacial score (nSPS) is 15.5. The number of benzene rings is 2. The number of nitrogens with one attached hydrogen (secondary N) is 1. The fraction of sp³-hybridized carbons (Fsp3) is 0.200. The lowest BCUT2D eigenvalue weighted by Crippen LogP contribution is -2.43. The van der Waals surface area contributed by atoms with Gasteiger partial charge in [0, 0.05) is 34.7 Å². The Balaban J connectivity index is 1.53. The van der Waals surface area contributed by atoms with Crippen LogP contribution in [0.5, 0.6) is 0 Å². The van der Waals surface area contributed by atoms with Crippen molar-refractivity contribution in [2.24, 2.45) is 5.92 Å². The lowest BCUT2D eigenvalue weighted by Gasteiger charge is -2.17. The molecule has 31 heavy (non-hydrogen) atoms. The minimum absolute atomic E-state index is 0.0290. The lowest BCUT2D eigenvalue weighted by molar-refractivity contribution is -0.384. The van der Waals surface area contributed by atoms with Crippen LogP contribution < -0.4 is 5.43 Å². The topological polar surface area (TPSA) is 136 Å². The molecule has 1 aliphatic heterocycles. The van der Waals surface area contributed by atoms with Gasteiger partial charge < -0.3 is 4.74 Å². The molecule has 0 bridgehead atoms. The lowest BCUT2D eigenvalue weighted by atomic mass is 10.1. The standard InChI is InChI=1S/C20H16ClN3O7/c21-15-6-4-12(5-7-15)19(27)22-23-10-14(9-18(23)26)20(28)31-11-17(25)13-2-1-3-16(8-13)24(29)30/h1-8,14H,9-11H2,(H,22,27)/t14-/m1/s1. The number of hydrazine groups is 1. The Hall–Kier alpha value is -3.79. The maximum absolute atomic E-state index is 12.3. The average Bonchev–Trinajstić information content (AvgIpc) is 3.12. The number of amides is 2. The molecule has 0 spiro atoms. The summed E-state index contributed by atoms with van der Waals surface area (Å²) in [6.45, 7) is -0.732. The van der Waals surface area contributed by atoms with E-state index in [-0.39, 0.29) is 29.8 Å². The maximum atomic E-state index is 12.3. The van der Waals surface area contributed by atoms with Crippen LogP contribution in [0.3, 0.4) is 0 Å². The second-order valence-electron chi connectivity index (χ2n) is 6.69. The van der Waals surface area contributed by atoms with Crippen molar-refractivity contribution >= 4 is 40.9 Å². The van der Waals surface area contributed by atoms with E-state index in [4.69, 9.17) is 16.3 Å². The number of halogens is 1. The molecular weight excluding hydrogens is 430 g/mol. The number of non-ortho nitro benzene ring substituents is 1. The highest BCUT2D eigenvalue weighted by Gasteiger charge is 2.36. The highest BCUT2D eigenvalue weighted by Crippen LogP contribution is 2.19. The van der Waals surface area contributed by atoms with Crippen LogP contribution in [0.1, 0.15) is 27.1 Å². The van der Waals surface area contributed by atoms with Crippen molar-refractivity contribution in [2.45, 2.75) is 6.42 Å². The molecule has 2 amide bonds. The summed E-state index contributed by atoms with van der Waals surface area (Å²) in [5.74, 6) is -3.28. The van der Waals surface area contributed by atoms with Gasteiger partial charge in [-0.05, 0) is 24.3 Å². The van der Waals surface area contributed by atoms with E-state index in [2.05, 4.69) is 5.43 Å². The van der Waals surface area contributed by atoms with Crippen molar-refractivity contribution in [3.63, 3.8) is 0 Å². The van der Waals surface area contributed by atoms with Crippen molar-refractivity contribution in [3.05, 3.63) is 74.8 Å². The van der Waals surface area contributed by atoms with Crippen molar-refractivity contribution < 1.29 is 28.8 Å². The van der Waals surface area contributed by atoms with Gasteiger partial charge in [0.05, 0.1) is 17.4 Å². The maximum Gasteiger partial charge on any atom is 0.311 e. The summed E-state index contributed by atoms with van der Waals surface area (Å²) < 4.78 is 4.98. The molecule has 2 aromatic carbocycles. The number of carbonyl (C=O) groups is 4. The largest absolute Gasteiger partial charge is 0.457 e. The monoisotopic (exact) mass is 445 g/mol. The van der Waals surface area contributed by atoms with E-state index in [0.717, 1.165) is 11.1 Å². The second kappa shape index (κ2) is 9.35. The molecule has 3 rings (SSSR count). The molecule has 0 radical (unpaired) electrons. The van der Waals surface area contributed by atoms with Gasteiger partial charge >= 0.3 is 5.97 Å². The summed E-state index contributed by atoms with van der Waals surface area (Å²) in [6, 6.07) is 11.1. The SMILES string of the molecule is O=C(COC(=O)[C@@H]1CC(=O)N(NC(=O)c2ccc(Cl)cc2)C1)c1cccc([N+](=O)[O-])c1. The first-order valence-electron chi connectivity index (χ1n) is 9.06. The van der Waals surface area contributed by atoms with Crippen LogP contribution in [0.4, 0.5) is 5.69 Å². The van der Waals surface area contributed by atoms with Gasteiger partial charge in [-0.2, -0.15) is 0 Å². The summed E-state index contributed by atoms with van der Waals surface area (Å²) in [5, 5.41) is 12.3. The number of rotatable bonds is 7. The molecular formula is C20H16ClN3O7. The van der Waals surface area contributed by atoms with E-state index in [1.54, 1.807) is 0 Å². The van der Waals surface area contributed by atoms with Crippen molar-refractivity contribution in [1.29, 1.82) is 0 Å². The van der Waals surface area contributed by atoms with Crippen LogP contribution >= 0.6 is 11.6 Å². The first kappa shape index (κ1) is 21.9. The molecule has 160 valence electrons. The smallest absolute Gasteiger partial charge is 0.311 e. The summed E-state index contributed by atoms with van der Waals surface area (Å²) in [6.07, 6.45) is -0.190.